The van der Waals surface area contributed by atoms with Crippen molar-refractivity contribution in [1.29, 1.82) is 0 Å². The SMILES string of the molecule is [C-]#[N+]c1c(N)c(C2CC(CC)C2)cn1-c1ccc(O)cc1. The molecule has 3 rings (SSSR count). The van der Waals surface area contributed by atoms with E-state index in [1.807, 2.05) is 10.8 Å². The molecular weight excluding hydrogens is 262 g/mol. The van der Waals surface area contributed by atoms with Crippen LogP contribution in [0.15, 0.2) is 30.5 Å². The first-order valence-electron chi connectivity index (χ1n) is 7.31. The van der Waals surface area contributed by atoms with Crippen LogP contribution >= 0.6 is 0 Å². The van der Waals surface area contributed by atoms with Crippen LogP contribution in [0.4, 0.5) is 11.5 Å². The molecule has 0 unspecified atom stereocenters. The summed E-state index contributed by atoms with van der Waals surface area (Å²) < 4.78 is 1.83. The van der Waals surface area contributed by atoms with Crippen LogP contribution in [0, 0.1) is 12.5 Å². The monoisotopic (exact) mass is 281 g/mol. The van der Waals surface area contributed by atoms with E-state index in [1.165, 1.54) is 6.42 Å². The molecule has 1 fully saturated rings. The molecule has 0 radical (unpaired) electrons. The van der Waals surface area contributed by atoms with E-state index in [0.717, 1.165) is 30.0 Å². The minimum atomic E-state index is 0.216. The molecule has 4 heteroatoms. The lowest BCUT2D eigenvalue weighted by atomic mass is 9.70. The molecule has 0 aliphatic heterocycles. The van der Waals surface area contributed by atoms with Gasteiger partial charge >= 0.3 is 0 Å². The van der Waals surface area contributed by atoms with Crippen LogP contribution in [0.5, 0.6) is 5.75 Å². The van der Waals surface area contributed by atoms with Gasteiger partial charge in [-0.25, -0.2) is 0 Å². The minimum Gasteiger partial charge on any atom is -0.508 e. The summed E-state index contributed by atoms with van der Waals surface area (Å²) in [5.74, 6) is 1.96. The molecule has 2 aromatic rings. The number of phenolic OH excluding ortho intramolecular Hbond substituents is 1. The Morgan fingerprint density at radius 1 is 1.33 bits per heavy atom. The maximum absolute atomic E-state index is 9.39. The lowest BCUT2D eigenvalue weighted by Gasteiger charge is -2.34. The molecule has 0 saturated heterocycles. The zero-order chi connectivity index (χ0) is 15.0. The molecule has 108 valence electrons. The standard InChI is InChI=1S/C17H19N3O/c1-3-11-8-12(9-11)15-10-20(17(19-2)16(15)18)13-4-6-14(21)7-5-13/h4-7,10-12,21H,3,8-9,18H2,1H3. The lowest BCUT2D eigenvalue weighted by Crippen LogP contribution is -2.21. The molecule has 1 saturated carbocycles. The highest BCUT2D eigenvalue weighted by molar-refractivity contribution is 5.72. The first-order chi connectivity index (χ1) is 10.1. The molecule has 21 heavy (non-hydrogen) atoms. The van der Waals surface area contributed by atoms with Crippen LogP contribution in [-0.2, 0) is 0 Å². The van der Waals surface area contributed by atoms with Gasteiger partial charge in [-0.3, -0.25) is 4.57 Å². The first kappa shape index (κ1) is 13.6. The molecule has 1 aliphatic rings. The number of benzene rings is 1. The zero-order valence-electron chi connectivity index (χ0n) is 12.1. The maximum atomic E-state index is 9.39. The Bertz CT molecular complexity index is 688. The predicted molar refractivity (Wildman–Crippen MR) is 83.9 cm³/mol. The third-order valence-corrected chi connectivity index (χ3v) is 4.53. The van der Waals surface area contributed by atoms with Gasteiger partial charge in [-0.05, 0) is 48.9 Å². The average molecular weight is 281 g/mol. The zero-order valence-corrected chi connectivity index (χ0v) is 12.1. The van der Waals surface area contributed by atoms with E-state index in [4.69, 9.17) is 12.3 Å². The quantitative estimate of drug-likeness (QED) is 0.828. The molecule has 4 nitrogen and oxygen atoms in total. The molecule has 0 amide bonds. The summed E-state index contributed by atoms with van der Waals surface area (Å²) in [6, 6.07) is 6.83. The van der Waals surface area contributed by atoms with E-state index in [2.05, 4.69) is 11.8 Å². The fraction of sp³-hybridized carbons (Fsp3) is 0.353. The number of phenols is 1. The van der Waals surface area contributed by atoms with E-state index in [9.17, 15) is 5.11 Å². The lowest BCUT2D eigenvalue weighted by molar-refractivity contribution is 0.257. The van der Waals surface area contributed by atoms with Crippen molar-refractivity contribution in [2.24, 2.45) is 5.92 Å². The number of nitrogens with two attached hydrogens (primary N) is 1. The summed E-state index contributed by atoms with van der Waals surface area (Å²) in [5, 5.41) is 9.39. The molecule has 0 atom stereocenters. The van der Waals surface area contributed by atoms with Gasteiger partial charge in [0.1, 0.15) is 11.4 Å². The van der Waals surface area contributed by atoms with Crippen molar-refractivity contribution >= 4 is 11.5 Å². The van der Waals surface area contributed by atoms with Crippen molar-refractivity contribution in [3.63, 3.8) is 0 Å². The highest BCUT2D eigenvalue weighted by Crippen LogP contribution is 2.48. The fourth-order valence-corrected chi connectivity index (χ4v) is 3.10. The van der Waals surface area contributed by atoms with Gasteiger partial charge in [0.15, 0.2) is 0 Å². The summed E-state index contributed by atoms with van der Waals surface area (Å²) in [7, 11) is 0. The number of anilines is 1. The minimum absolute atomic E-state index is 0.216. The van der Waals surface area contributed by atoms with Crippen molar-refractivity contribution in [2.45, 2.75) is 32.1 Å². The Kier molecular flexibility index (Phi) is 3.34. The Morgan fingerprint density at radius 3 is 2.57 bits per heavy atom. The molecule has 0 spiro atoms. The predicted octanol–water partition coefficient (Wildman–Crippen LogP) is 4.22. The van der Waals surface area contributed by atoms with Crippen molar-refractivity contribution in [2.75, 3.05) is 5.73 Å². The number of hydrogen-bond donors (Lipinski definition) is 2. The highest BCUT2D eigenvalue weighted by Gasteiger charge is 2.32. The first-order valence-corrected chi connectivity index (χ1v) is 7.31. The van der Waals surface area contributed by atoms with Gasteiger partial charge in [-0.1, -0.05) is 19.9 Å². The fourth-order valence-electron chi connectivity index (χ4n) is 3.10. The highest BCUT2D eigenvalue weighted by atomic mass is 16.3. The van der Waals surface area contributed by atoms with Gasteiger partial charge < -0.3 is 15.7 Å². The number of nitrogens with zero attached hydrogens (tertiary/aromatic N) is 2. The van der Waals surface area contributed by atoms with Crippen molar-refractivity contribution in [3.8, 4) is 11.4 Å². The van der Waals surface area contributed by atoms with Crippen LogP contribution in [0.2, 0.25) is 0 Å². The van der Waals surface area contributed by atoms with E-state index in [1.54, 1.807) is 24.3 Å². The smallest absolute Gasteiger partial charge is 0.258 e. The van der Waals surface area contributed by atoms with Gasteiger partial charge in [0.25, 0.3) is 5.82 Å². The van der Waals surface area contributed by atoms with Gasteiger partial charge in [-0.2, -0.15) is 0 Å². The van der Waals surface area contributed by atoms with E-state index in [-0.39, 0.29) is 5.75 Å². The molecule has 3 N–H and O–H groups in total. The van der Waals surface area contributed by atoms with Crippen molar-refractivity contribution in [1.82, 2.24) is 4.57 Å². The number of nitrogen functional groups attached to an aromatic ring is 1. The van der Waals surface area contributed by atoms with Crippen LogP contribution in [0.1, 0.15) is 37.7 Å². The number of aromatic hydroxyl groups is 1. The Labute approximate surface area is 124 Å². The summed E-state index contributed by atoms with van der Waals surface area (Å²) in [6.45, 7) is 9.62. The van der Waals surface area contributed by atoms with E-state index >= 15 is 0 Å². The molecule has 1 aliphatic carbocycles. The summed E-state index contributed by atoms with van der Waals surface area (Å²) in [6.07, 6.45) is 5.53. The van der Waals surface area contributed by atoms with Crippen LogP contribution in [0.25, 0.3) is 10.5 Å². The number of aromatic nitrogens is 1. The van der Waals surface area contributed by atoms with Crippen LogP contribution < -0.4 is 5.73 Å². The van der Waals surface area contributed by atoms with E-state index < -0.39 is 0 Å². The Balaban J connectivity index is 1.98. The van der Waals surface area contributed by atoms with Crippen molar-refractivity contribution in [3.05, 3.63) is 47.4 Å². The molecule has 1 aromatic heterocycles. The third kappa shape index (κ3) is 2.25. The average Bonchev–Trinajstić information content (AvgIpc) is 2.76. The second-order valence-corrected chi connectivity index (χ2v) is 5.76. The van der Waals surface area contributed by atoms with Gasteiger partial charge in [0.2, 0.25) is 0 Å². The number of rotatable bonds is 3. The molecular formula is C17H19N3O. The Hall–Kier alpha value is -2.41. The van der Waals surface area contributed by atoms with Gasteiger partial charge in [0, 0.05) is 5.56 Å². The van der Waals surface area contributed by atoms with Crippen molar-refractivity contribution < 1.29 is 5.11 Å². The Morgan fingerprint density at radius 2 is 2.00 bits per heavy atom. The van der Waals surface area contributed by atoms with Crippen LogP contribution in [-0.4, -0.2) is 9.67 Å². The van der Waals surface area contributed by atoms with Gasteiger partial charge in [-0.15, -0.1) is 0 Å². The second kappa shape index (κ2) is 5.17. The molecule has 0 bridgehead atoms. The van der Waals surface area contributed by atoms with Crippen LogP contribution in [0.3, 0.4) is 0 Å². The molecule has 1 heterocycles. The maximum Gasteiger partial charge on any atom is 0.258 e. The topological polar surface area (TPSA) is 55.5 Å². The van der Waals surface area contributed by atoms with E-state index in [0.29, 0.717) is 17.4 Å². The number of hydrogen-bond acceptors (Lipinski definition) is 2. The second-order valence-electron chi connectivity index (χ2n) is 5.76. The third-order valence-electron chi connectivity index (χ3n) is 4.53. The largest absolute Gasteiger partial charge is 0.508 e. The summed E-state index contributed by atoms with van der Waals surface area (Å²) in [4.78, 5) is 3.59. The van der Waals surface area contributed by atoms with Gasteiger partial charge in [0.05, 0.1) is 11.9 Å². The summed E-state index contributed by atoms with van der Waals surface area (Å²) in [5.41, 5.74) is 8.75. The summed E-state index contributed by atoms with van der Waals surface area (Å²) >= 11 is 0. The normalized spacial score (nSPS) is 20.8. The molecule has 1 aromatic carbocycles.